The first-order chi connectivity index (χ1) is 8.30. The fourth-order valence-electron chi connectivity index (χ4n) is 1.91. The molecule has 0 spiro atoms. The van der Waals surface area contributed by atoms with E-state index in [1.54, 1.807) is 14.2 Å². The van der Waals surface area contributed by atoms with Gasteiger partial charge in [0.1, 0.15) is 5.75 Å². The lowest BCUT2D eigenvalue weighted by Crippen LogP contribution is -2.27. The number of nitrogens with one attached hydrogen (secondary N) is 1. The third-order valence-electron chi connectivity index (χ3n) is 2.93. The first-order valence-electron chi connectivity index (χ1n) is 6.09. The first-order valence-corrected chi connectivity index (χ1v) is 6.09. The van der Waals surface area contributed by atoms with Crippen molar-refractivity contribution in [1.29, 1.82) is 0 Å². The number of hydrogen-bond donors (Lipinski definition) is 1. The van der Waals surface area contributed by atoms with E-state index in [4.69, 9.17) is 9.47 Å². The molecule has 0 bridgehead atoms. The zero-order valence-electron chi connectivity index (χ0n) is 11.0. The van der Waals surface area contributed by atoms with Gasteiger partial charge in [-0.1, -0.05) is 12.1 Å². The highest BCUT2D eigenvalue weighted by Gasteiger charge is 2.07. The molecule has 1 rings (SSSR count). The van der Waals surface area contributed by atoms with Crippen molar-refractivity contribution in [2.24, 2.45) is 0 Å². The molecule has 1 unspecified atom stereocenters. The third-order valence-corrected chi connectivity index (χ3v) is 2.93. The summed E-state index contributed by atoms with van der Waals surface area (Å²) in [7, 11) is 5.46. The van der Waals surface area contributed by atoms with E-state index in [0.717, 1.165) is 31.6 Å². The molecule has 0 fully saturated rings. The Morgan fingerprint density at radius 3 is 2.76 bits per heavy atom. The van der Waals surface area contributed by atoms with Crippen molar-refractivity contribution < 1.29 is 9.47 Å². The molecular formula is C14H23NO2. The second kappa shape index (κ2) is 8.09. The van der Waals surface area contributed by atoms with Gasteiger partial charge in [0.25, 0.3) is 0 Å². The predicted molar refractivity (Wildman–Crippen MR) is 70.7 cm³/mol. The van der Waals surface area contributed by atoms with Crippen LogP contribution in [0.1, 0.15) is 18.4 Å². The van der Waals surface area contributed by atoms with Crippen LogP contribution in [0, 0.1) is 0 Å². The second-order valence-electron chi connectivity index (χ2n) is 4.18. The van der Waals surface area contributed by atoms with E-state index >= 15 is 0 Å². The van der Waals surface area contributed by atoms with Crippen LogP contribution in [0.25, 0.3) is 0 Å². The Kier molecular flexibility index (Phi) is 6.67. The largest absolute Gasteiger partial charge is 0.497 e. The van der Waals surface area contributed by atoms with E-state index in [9.17, 15) is 0 Å². The molecule has 1 atom stereocenters. The Hall–Kier alpha value is -1.06. The van der Waals surface area contributed by atoms with Crippen molar-refractivity contribution in [3.05, 3.63) is 29.8 Å². The minimum Gasteiger partial charge on any atom is -0.497 e. The maximum atomic E-state index is 5.23. The monoisotopic (exact) mass is 237 g/mol. The van der Waals surface area contributed by atoms with Crippen LogP contribution >= 0.6 is 0 Å². The Morgan fingerprint density at radius 2 is 2.12 bits per heavy atom. The molecule has 17 heavy (non-hydrogen) atoms. The lowest BCUT2D eigenvalue weighted by Gasteiger charge is -2.16. The maximum Gasteiger partial charge on any atom is 0.119 e. The lowest BCUT2D eigenvalue weighted by molar-refractivity contribution is 0.189. The molecule has 0 saturated carbocycles. The van der Waals surface area contributed by atoms with Gasteiger partial charge in [0, 0.05) is 19.8 Å². The summed E-state index contributed by atoms with van der Waals surface area (Å²) in [4.78, 5) is 0. The van der Waals surface area contributed by atoms with E-state index in [-0.39, 0.29) is 0 Å². The van der Waals surface area contributed by atoms with E-state index in [0.29, 0.717) is 6.04 Å². The average molecular weight is 237 g/mol. The molecule has 0 heterocycles. The van der Waals surface area contributed by atoms with Crippen LogP contribution in [0.2, 0.25) is 0 Å². The van der Waals surface area contributed by atoms with Crippen LogP contribution in [0.5, 0.6) is 5.75 Å². The van der Waals surface area contributed by atoms with Crippen LogP contribution in [-0.4, -0.2) is 33.9 Å². The lowest BCUT2D eigenvalue weighted by atomic mass is 10.0. The Labute approximate surface area is 104 Å². The normalized spacial score (nSPS) is 12.4. The van der Waals surface area contributed by atoms with Gasteiger partial charge in [-0.2, -0.15) is 0 Å². The summed E-state index contributed by atoms with van der Waals surface area (Å²) >= 11 is 0. The molecule has 96 valence electrons. The van der Waals surface area contributed by atoms with Gasteiger partial charge in [-0.05, 0) is 44.0 Å². The Balaban J connectivity index is 2.48. The molecule has 1 aromatic rings. The molecule has 1 aromatic carbocycles. The van der Waals surface area contributed by atoms with Crippen molar-refractivity contribution in [2.45, 2.75) is 25.3 Å². The van der Waals surface area contributed by atoms with Gasteiger partial charge in [-0.25, -0.2) is 0 Å². The smallest absolute Gasteiger partial charge is 0.119 e. The molecular weight excluding hydrogens is 214 g/mol. The second-order valence-corrected chi connectivity index (χ2v) is 4.18. The fourth-order valence-corrected chi connectivity index (χ4v) is 1.91. The van der Waals surface area contributed by atoms with Crippen molar-refractivity contribution >= 4 is 0 Å². The molecule has 0 aliphatic heterocycles. The summed E-state index contributed by atoms with van der Waals surface area (Å²) in [5.41, 5.74) is 1.31. The molecule has 0 aliphatic carbocycles. The van der Waals surface area contributed by atoms with Crippen molar-refractivity contribution in [3.8, 4) is 5.75 Å². The molecule has 0 saturated heterocycles. The number of hydrogen-bond acceptors (Lipinski definition) is 3. The molecule has 3 heteroatoms. The van der Waals surface area contributed by atoms with Gasteiger partial charge in [0.15, 0.2) is 0 Å². The minimum atomic E-state index is 0.497. The van der Waals surface area contributed by atoms with Crippen LogP contribution in [0.3, 0.4) is 0 Å². The van der Waals surface area contributed by atoms with Crippen molar-refractivity contribution in [1.82, 2.24) is 5.32 Å². The van der Waals surface area contributed by atoms with Gasteiger partial charge >= 0.3 is 0 Å². The average Bonchev–Trinajstić information content (AvgIpc) is 2.38. The van der Waals surface area contributed by atoms with Crippen molar-refractivity contribution in [2.75, 3.05) is 27.9 Å². The highest BCUT2D eigenvalue weighted by atomic mass is 16.5. The van der Waals surface area contributed by atoms with E-state index in [2.05, 4.69) is 17.4 Å². The van der Waals surface area contributed by atoms with Crippen LogP contribution < -0.4 is 10.1 Å². The maximum absolute atomic E-state index is 5.23. The summed E-state index contributed by atoms with van der Waals surface area (Å²) in [6.07, 6.45) is 3.24. The Bertz CT molecular complexity index is 315. The van der Waals surface area contributed by atoms with Crippen LogP contribution in [0.15, 0.2) is 24.3 Å². The molecule has 0 radical (unpaired) electrons. The molecule has 3 nitrogen and oxygen atoms in total. The Morgan fingerprint density at radius 1 is 1.29 bits per heavy atom. The number of rotatable bonds is 8. The summed E-state index contributed by atoms with van der Waals surface area (Å²) in [6.45, 7) is 0.830. The molecule has 1 N–H and O–H groups in total. The van der Waals surface area contributed by atoms with E-state index < -0.39 is 0 Å². The topological polar surface area (TPSA) is 30.5 Å². The summed E-state index contributed by atoms with van der Waals surface area (Å²) in [6, 6.07) is 8.75. The highest BCUT2D eigenvalue weighted by molar-refractivity contribution is 5.28. The van der Waals surface area contributed by atoms with Gasteiger partial charge in [0.05, 0.1) is 7.11 Å². The highest BCUT2D eigenvalue weighted by Crippen LogP contribution is 2.15. The third kappa shape index (κ3) is 5.20. The van der Waals surface area contributed by atoms with Gasteiger partial charge in [-0.15, -0.1) is 0 Å². The summed E-state index contributed by atoms with van der Waals surface area (Å²) in [5.74, 6) is 0.925. The number of likely N-dealkylation sites (N-methyl/N-ethyl adjacent to an activating group) is 1. The standard InChI is InChI=1S/C14H23NO2/c1-15-13(7-5-9-16-2)10-12-6-4-8-14(11-12)17-3/h4,6,8,11,13,15H,5,7,9-10H2,1-3H3. The van der Waals surface area contributed by atoms with Gasteiger partial charge < -0.3 is 14.8 Å². The van der Waals surface area contributed by atoms with Gasteiger partial charge in [-0.3, -0.25) is 0 Å². The first kappa shape index (κ1) is 14.0. The number of ether oxygens (including phenoxy) is 2. The predicted octanol–water partition coefficient (Wildman–Crippen LogP) is 2.25. The zero-order valence-corrected chi connectivity index (χ0v) is 11.0. The fraction of sp³-hybridized carbons (Fsp3) is 0.571. The quantitative estimate of drug-likeness (QED) is 0.703. The minimum absolute atomic E-state index is 0.497. The number of methoxy groups -OCH3 is 2. The van der Waals surface area contributed by atoms with Gasteiger partial charge in [0.2, 0.25) is 0 Å². The van der Waals surface area contributed by atoms with E-state index in [1.165, 1.54) is 5.56 Å². The zero-order chi connectivity index (χ0) is 12.5. The molecule has 0 amide bonds. The van der Waals surface area contributed by atoms with Crippen molar-refractivity contribution in [3.63, 3.8) is 0 Å². The van der Waals surface area contributed by atoms with Crippen LogP contribution in [0.4, 0.5) is 0 Å². The molecule has 0 aliphatic rings. The summed E-state index contributed by atoms with van der Waals surface area (Å²) < 4.78 is 10.3. The SMILES string of the molecule is CNC(CCCOC)Cc1cccc(OC)c1. The van der Waals surface area contributed by atoms with Crippen LogP contribution in [-0.2, 0) is 11.2 Å². The number of benzene rings is 1. The molecule has 0 aromatic heterocycles. The summed E-state index contributed by atoms with van der Waals surface area (Å²) in [5, 5.41) is 3.35. The van der Waals surface area contributed by atoms with E-state index in [1.807, 2.05) is 19.2 Å².